The Kier molecular flexibility index (Phi) is 2.27. The van der Waals surface area contributed by atoms with Crippen LogP contribution in [0.4, 0.5) is 5.82 Å². The second kappa shape index (κ2) is 3.74. The highest BCUT2D eigenvalue weighted by Crippen LogP contribution is 2.17. The molecule has 2 rings (SSSR count). The first-order valence-electron chi connectivity index (χ1n) is 4.15. The fraction of sp³-hybridized carbons (Fsp3) is 0. The summed E-state index contributed by atoms with van der Waals surface area (Å²) in [5.74, 6) is 1.55. The van der Waals surface area contributed by atoms with E-state index in [-0.39, 0.29) is 0 Å². The highest BCUT2D eigenvalue weighted by molar-refractivity contribution is 5.33. The van der Waals surface area contributed by atoms with Gasteiger partial charge in [-0.1, -0.05) is 6.07 Å². The van der Waals surface area contributed by atoms with Crippen LogP contribution >= 0.6 is 0 Å². The van der Waals surface area contributed by atoms with Crippen molar-refractivity contribution in [1.82, 2.24) is 9.97 Å². The molecule has 0 saturated heterocycles. The van der Waals surface area contributed by atoms with E-state index in [1.54, 1.807) is 42.7 Å². The third kappa shape index (κ3) is 1.98. The third-order valence-corrected chi connectivity index (χ3v) is 1.60. The van der Waals surface area contributed by atoms with Gasteiger partial charge in [-0.25, -0.2) is 0 Å². The minimum absolute atomic E-state index is 0.436. The molecule has 0 amide bonds. The van der Waals surface area contributed by atoms with Crippen molar-refractivity contribution in [3.05, 3.63) is 42.7 Å². The summed E-state index contributed by atoms with van der Waals surface area (Å²) < 4.78 is 5.41. The highest BCUT2D eigenvalue weighted by Gasteiger charge is 1.97. The summed E-state index contributed by atoms with van der Waals surface area (Å²) >= 11 is 0. The Bertz CT molecular complexity index is 417. The number of nitrogen functional groups attached to an aromatic ring is 1. The molecule has 2 aromatic heterocycles. The van der Waals surface area contributed by atoms with Crippen LogP contribution in [0, 0.1) is 0 Å². The lowest BCUT2D eigenvalue weighted by atomic mass is 10.4. The number of nitrogens with zero attached hydrogens (tertiary/aromatic N) is 2. The average molecular weight is 187 g/mol. The van der Waals surface area contributed by atoms with Crippen molar-refractivity contribution in [2.24, 2.45) is 0 Å². The molecule has 2 heterocycles. The second-order valence-corrected chi connectivity index (χ2v) is 2.69. The van der Waals surface area contributed by atoms with Crippen molar-refractivity contribution in [3.8, 4) is 11.6 Å². The predicted molar refractivity (Wildman–Crippen MR) is 53.0 cm³/mol. The summed E-state index contributed by atoms with van der Waals surface area (Å²) in [4.78, 5) is 7.92. The Balaban J connectivity index is 2.19. The van der Waals surface area contributed by atoms with Gasteiger partial charge in [0.05, 0.1) is 6.20 Å². The van der Waals surface area contributed by atoms with E-state index in [2.05, 4.69) is 9.97 Å². The van der Waals surface area contributed by atoms with Crippen LogP contribution in [-0.4, -0.2) is 9.97 Å². The fourth-order valence-electron chi connectivity index (χ4n) is 1.02. The zero-order valence-corrected chi connectivity index (χ0v) is 7.42. The van der Waals surface area contributed by atoms with E-state index >= 15 is 0 Å². The monoisotopic (exact) mass is 187 g/mol. The number of hydrogen-bond acceptors (Lipinski definition) is 4. The first-order chi connectivity index (χ1) is 6.84. The van der Waals surface area contributed by atoms with E-state index in [0.29, 0.717) is 17.4 Å². The van der Waals surface area contributed by atoms with Crippen LogP contribution < -0.4 is 10.5 Å². The van der Waals surface area contributed by atoms with Gasteiger partial charge in [-0.05, 0) is 18.2 Å². The molecule has 0 bridgehead atoms. The Morgan fingerprint density at radius 3 is 2.79 bits per heavy atom. The molecule has 14 heavy (non-hydrogen) atoms. The van der Waals surface area contributed by atoms with Crippen LogP contribution in [-0.2, 0) is 0 Å². The first-order valence-corrected chi connectivity index (χ1v) is 4.15. The number of aromatic nitrogens is 2. The lowest BCUT2D eigenvalue weighted by molar-refractivity contribution is 0.461. The van der Waals surface area contributed by atoms with E-state index in [4.69, 9.17) is 10.5 Å². The molecule has 0 aliphatic heterocycles. The molecule has 0 fully saturated rings. The zero-order chi connectivity index (χ0) is 9.80. The molecule has 0 radical (unpaired) electrons. The minimum Gasteiger partial charge on any atom is -0.437 e. The Labute approximate surface area is 81.4 Å². The summed E-state index contributed by atoms with van der Waals surface area (Å²) in [5.41, 5.74) is 5.51. The number of pyridine rings is 2. The number of nitrogens with two attached hydrogens (primary N) is 1. The van der Waals surface area contributed by atoms with Crippen LogP contribution in [0.25, 0.3) is 0 Å². The maximum atomic E-state index is 5.51. The van der Waals surface area contributed by atoms with Crippen LogP contribution in [0.1, 0.15) is 0 Å². The van der Waals surface area contributed by atoms with Gasteiger partial charge in [0.1, 0.15) is 11.6 Å². The number of hydrogen-bond donors (Lipinski definition) is 1. The van der Waals surface area contributed by atoms with Crippen molar-refractivity contribution in [1.29, 1.82) is 0 Å². The van der Waals surface area contributed by atoms with Crippen LogP contribution in [0.15, 0.2) is 42.7 Å². The quantitative estimate of drug-likeness (QED) is 0.779. The van der Waals surface area contributed by atoms with Gasteiger partial charge in [0.15, 0.2) is 0 Å². The molecular formula is C10H9N3O. The maximum Gasteiger partial charge on any atom is 0.221 e. The van der Waals surface area contributed by atoms with E-state index in [9.17, 15) is 0 Å². The molecule has 0 saturated carbocycles. The second-order valence-electron chi connectivity index (χ2n) is 2.69. The van der Waals surface area contributed by atoms with Gasteiger partial charge in [-0.15, -0.1) is 0 Å². The van der Waals surface area contributed by atoms with Gasteiger partial charge in [-0.3, -0.25) is 4.98 Å². The lowest BCUT2D eigenvalue weighted by Gasteiger charge is -2.03. The van der Waals surface area contributed by atoms with E-state index in [0.717, 1.165) is 0 Å². The summed E-state index contributed by atoms with van der Waals surface area (Å²) in [6.07, 6.45) is 3.30. The van der Waals surface area contributed by atoms with Crippen molar-refractivity contribution >= 4 is 5.82 Å². The smallest absolute Gasteiger partial charge is 0.221 e. The van der Waals surface area contributed by atoms with E-state index in [1.807, 2.05) is 0 Å². The molecule has 2 N–H and O–H groups in total. The summed E-state index contributed by atoms with van der Waals surface area (Å²) in [5, 5.41) is 0. The van der Waals surface area contributed by atoms with Gasteiger partial charge in [0.2, 0.25) is 5.88 Å². The van der Waals surface area contributed by atoms with E-state index < -0.39 is 0 Å². The van der Waals surface area contributed by atoms with Gasteiger partial charge in [-0.2, -0.15) is 4.98 Å². The van der Waals surface area contributed by atoms with Crippen molar-refractivity contribution in [3.63, 3.8) is 0 Å². The first kappa shape index (κ1) is 8.50. The summed E-state index contributed by atoms with van der Waals surface area (Å²) in [7, 11) is 0. The number of rotatable bonds is 2. The van der Waals surface area contributed by atoms with Gasteiger partial charge >= 0.3 is 0 Å². The van der Waals surface area contributed by atoms with Crippen LogP contribution in [0.2, 0.25) is 0 Å². The summed E-state index contributed by atoms with van der Waals surface area (Å²) in [6.45, 7) is 0. The SMILES string of the molecule is Nc1cccc(Oc2cccnc2)n1. The normalized spacial score (nSPS) is 9.71. The molecule has 0 unspecified atom stereocenters. The molecule has 70 valence electrons. The molecule has 4 heteroatoms. The topological polar surface area (TPSA) is 61.0 Å². The minimum atomic E-state index is 0.436. The average Bonchev–Trinajstić information content (AvgIpc) is 2.19. The lowest BCUT2D eigenvalue weighted by Crippen LogP contribution is -1.92. The Hall–Kier alpha value is -2.10. The predicted octanol–water partition coefficient (Wildman–Crippen LogP) is 1.85. The van der Waals surface area contributed by atoms with Crippen molar-refractivity contribution in [2.75, 3.05) is 5.73 Å². The molecule has 0 aliphatic rings. The van der Waals surface area contributed by atoms with Crippen LogP contribution in [0.3, 0.4) is 0 Å². The molecule has 2 aromatic rings. The Morgan fingerprint density at radius 1 is 1.14 bits per heavy atom. The van der Waals surface area contributed by atoms with Gasteiger partial charge < -0.3 is 10.5 Å². The molecule has 0 aromatic carbocycles. The standard InChI is InChI=1S/C10H9N3O/c11-9-4-1-5-10(13-9)14-8-3-2-6-12-7-8/h1-7H,(H2,11,13). The molecule has 4 nitrogen and oxygen atoms in total. The van der Waals surface area contributed by atoms with Crippen LogP contribution in [0.5, 0.6) is 11.6 Å². The third-order valence-electron chi connectivity index (χ3n) is 1.60. The highest BCUT2D eigenvalue weighted by atomic mass is 16.5. The molecule has 0 aliphatic carbocycles. The maximum absolute atomic E-state index is 5.51. The largest absolute Gasteiger partial charge is 0.437 e. The summed E-state index contributed by atoms with van der Waals surface area (Å²) in [6, 6.07) is 8.83. The Morgan fingerprint density at radius 2 is 2.07 bits per heavy atom. The van der Waals surface area contributed by atoms with Crippen molar-refractivity contribution in [2.45, 2.75) is 0 Å². The van der Waals surface area contributed by atoms with Gasteiger partial charge in [0.25, 0.3) is 0 Å². The van der Waals surface area contributed by atoms with Crippen molar-refractivity contribution < 1.29 is 4.74 Å². The number of ether oxygens (including phenoxy) is 1. The number of anilines is 1. The molecule has 0 atom stereocenters. The van der Waals surface area contributed by atoms with Gasteiger partial charge in [0, 0.05) is 12.3 Å². The molecular weight excluding hydrogens is 178 g/mol. The zero-order valence-electron chi connectivity index (χ0n) is 7.42. The van der Waals surface area contributed by atoms with E-state index in [1.165, 1.54) is 0 Å². The fourth-order valence-corrected chi connectivity index (χ4v) is 1.02. The molecule has 0 spiro atoms.